The first-order chi connectivity index (χ1) is 7.83. The van der Waals surface area contributed by atoms with Gasteiger partial charge in [0.2, 0.25) is 0 Å². The molecule has 0 aromatic heterocycles. The van der Waals surface area contributed by atoms with Crippen molar-refractivity contribution >= 4 is 0 Å². The molecule has 0 spiro atoms. The molecule has 1 unspecified atom stereocenters. The quantitative estimate of drug-likeness (QED) is 0.609. The summed E-state index contributed by atoms with van der Waals surface area (Å²) in [6.07, 6.45) is 10.8. The summed E-state index contributed by atoms with van der Waals surface area (Å²) in [4.78, 5) is 0. The number of rotatable bonds is 8. The molecule has 0 heterocycles. The van der Waals surface area contributed by atoms with Gasteiger partial charge in [0.15, 0.2) is 0 Å². The van der Waals surface area contributed by atoms with Crippen LogP contribution in [-0.2, 0) is 0 Å². The van der Waals surface area contributed by atoms with Gasteiger partial charge in [0, 0.05) is 5.54 Å². The van der Waals surface area contributed by atoms with E-state index in [1.165, 1.54) is 25.7 Å². The minimum absolute atomic E-state index is 0.110. The first-order valence-electron chi connectivity index (χ1n) is 6.92. The molecule has 0 aliphatic rings. The number of hydrogen-bond acceptors (Lipinski definition) is 1. The first-order valence-corrected chi connectivity index (χ1v) is 6.92. The van der Waals surface area contributed by atoms with Gasteiger partial charge in [-0.25, -0.2) is 0 Å². The first kappa shape index (κ1) is 16.4. The second-order valence-electron chi connectivity index (χ2n) is 5.87. The van der Waals surface area contributed by atoms with Crippen LogP contribution in [0.3, 0.4) is 0 Å². The van der Waals surface area contributed by atoms with Crippen LogP contribution in [-0.4, -0.2) is 5.54 Å². The molecule has 0 aliphatic heterocycles. The van der Waals surface area contributed by atoms with Gasteiger partial charge in [-0.1, -0.05) is 78.2 Å². The molecule has 0 saturated heterocycles. The molecule has 17 heavy (non-hydrogen) atoms. The van der Waals surface area contributed by atoms with Crippen LogP contribution >= 0.6 is 0 Å². The van der Waals surface area contributed by atoms with Crippen molar-refractivity contribution in [1.29, 1.82) is 0 Å². The van der Waals surface area contributed by atoms with Crippen molar-refractivity contribution in [3.05, 3.63) is 24.8 Å². The third-order valence-electron chi connectivity index (χ3n) is 4.26. The highest BCUT2D eigenvalue weighted by atomic mass is 14.8. The highest BCUT2D eigenvalue weighted by molar-refractivity contribution is 5.14. The van der Waals surface area contributed by atoms with Gasteiger partial charge in [0.05, 0.1) is 0 Å². The van der Waals surface area contributed by atoms with E-state index in [4.69, 9.17) is 5.73 Å². The fraction of sp³-hybridized carbons (Fsp3) is 0.750. The average molecular weight is 237 g/mol. The second kappa shape index (κ2) is 7.00. The van der Waals surface area contributed by atoms with Gasteiger partial charge in [-0.05, 0) is 18.3 Å². The standard InChI is InChI=1S/C16H31N/c1-7-10-13-16(6,17)15(4,5)14(11-8-2)12-9-3/h7,10,13-14H,1,8-9,11-12,17H2,2-6H3. The third-order valence-corrected chi connectivity index (χ3v) is 4.26. The lowest BCUT2D eigenvalue weighted by molar-refractivity contribution is 0.110. The SMILES string of the molecule is C=CC=CC(C)(N)C(C)(C)C(CCC)CCC. The minimum atomic E-state index is -0.282. The van der Waals surface area contributed by atoms with Crippen LogP contribution in [0.4, 0.5) is 0 Å². The van der Waals surface area contributed by atoms with Crippen molar-refractivity contribution in [2.75, 3.05) is 0 Å². The molecule has 0 aromatic carbocycles. The third kappa shape index (κ3) is 4.31. The van der Waals surface area contributed by atoms with E-state index in [1.54, 1.807) is 6.08 Å². The zero-order valence-corrected chi connectivity index (χ0v) is 12.4. The molecule has 2 N–H and O–H groups in total. The summed E-state index contributed by atoms with van der Waals surface area (Å²) < 4.78 is 0. The van der Waals surface area contributed by atoms with Crippen molar-refractivity contribution in [1.82, 2.24) is 0 Å². The fourth-order valence-electron chi connectivity index (χ4n) is 2.49. The minimum Gasteiger partial charge on any atom is -0.322 e. The second-order valence-corrected chi connectivity index (χ2v) is 5.87. The van der Waals surface area contributed by atoms with Crippen LogP contribution in [0.1, 0.15) is 60.3 Å². The maximum absolute atomic E-state index is 6.51. The molecule has 0 aliphatic carbocycles. The topological polar surface area (TPSA) is 26.0 Å². The summed E-state index contributed by atoms with van der Waals surface area (Å²) in [5, 5.41) is 0. The molecule has 0 radical (unpaired) electrons. The molecule has 0 amide bonds. The van der Waals surface area contributed by atoms with E-state index in [-0.39, 0.29) is 11.0 Å². The molecule has 0 saturated carbocycles. The predicted octanol–water partition coefficient (Wildman–Crippen LogP) is 4.69. The van der Waals surface area contributed by atoms with E-state index in [9.17, 15) is 0 Å². The van der Waals surface area contributed by atoms with Crippen LogP contribution in [0.5, 0.6) is 0 Å². The Morgan fingerprint density at radius 3 is 1.94 bits per heavy atom. The summed E-state index contributed by atoms with van der Waals surface area (Å²) >= 11 is 0. The van der Waals surface area contributed by atoms with Gasteiger partial charge in [-0.15, -0.1) is 0 Å². The van der Waals surface area contributed by atoms with Gasteiger partial charge < -0.3 is 5.73 Å². The van der Waals surface area contributed by atoms with Gasteiger partial charge in [-0.2, -0.15) is 0 Å². The zero-order chi connectivity index (χ0) is 13.5. The van der Waals surface area contributed by atoms with E-state index in [0.29, 0.717) is 5.92 Å². The maximum atomic E-state index is 6.51. The number of allylic oxidation sites excluding steroid dienone is 2. The van der Waals surface area contributed by atoms with Crippen molar-refractivity contribution in [3.63, 3.8) is 0 Å². The van der Waals surface area contributed by atoms with Crippen LogP contribution in [0.25, 0.3) is 0 Å². The summed E-state index contributed by atoms with van der Waals surface area (Å²) in [5.74, 6) is 0.682. The lowest BCUT2D eigenvalue weighted by atomic mass is 9.63. The van der Waals surface area contributed by atoms with Crippen LogP contribution in [0, 0.1) is 11.3 Å². The van der Waals surface area contributed by atoms with Crippen molar-refractivity contribution < 1.29 is 0 Å². The van der Waals surface area contributed by atoms with E-state index in [1.807, 2.05) is 6.08 Å². The fourth-order valence-corrected chi connectivity index (χ4v) is 2.49. The van der Waals surface area contributed by atoms with E-state index in [2.05, 4.69) is 47.3 Å². The van der Waals surface area contributed by atoms with Crippen molar-refractivity contribution in [3.8, 4) is 0 Å². The smallest absolute Gasteiger partial charge is 0.0368 e. The molecular formula is C16H31N. The van der Waals surface area contributed by atoms with Gasteiger partial charge in [0.25, 0.3) is 0 Å². The highest BCUT2D eigenvalue weighted by Gasteiger charge is 2.40. The van der Waals surface area contributed by atoms with Crippen LogP contribution in [0.2, 0.25) is 0 Å². The van der Waals surface area contributed by atoms with Gasteiger partial charge in [0.1, 0.15) is 0 Å². The Morgan fingerprint density at radius 2 is 1.59 bits per heavy atom. The Bertz CT molecular complexity index is 242. The molecule has 100 valence electrons. The molecule has 1 atom stereocenters. The molecular weight excluding hydrogens is 206 g/mol. The van der Waals surface area contributed by atoms with E-state index < -0.39 is 0 Å². The molecule has 0 bridgehead atoms. The normalized spacial score (nSPS) is 16.4. The molecule has 0 rings (SSSR count). The number of hydrogen-bond donors (Lipinski definition) is 1. The Kier molecular flexibility index (Phi) is 6.77. The van der Waals surface area contributed by atoms with Gasteiger partial charge >= 0.3 is 0 Å². The average Bonchev–Trinajstić information content (AvgIpc) is 2.26. The lowest BCUT2D eigenvalue weighted by Gasteiger charge is -2.45. The van der Waals surface area contributed by atoms with Crippen molar-refractivity contribution in [2.24, 2.45) is 17.1 Å². The molecule has 1 nitrogen and oxygen atoms in total. The van der Waals surface area contributed by atoms with Crippen molar-refractivity contribution in [2.45, 2.75) is 65.8 Å². The lowest BCUT2D eigenvalue weighted by Crippen LogP contribution is -2.52. The van der Waals surface area contributed by atoms with Crippen LogP contribution < -0.4 is 5.73 Å². The van der Waals surface area contributed by atoms with E-state index >= 15 is 0 Å². The largest absolute Gasteiger partial charge is 0.322 e. The Morgan fingerprint density at radius 1 is 1.12 bits per heavy atom. The summed E-state index contributed by atoms with van der Waals surface area (Å²) in [6, 6.07) is 0. The summed E-state index contributed by atoms with van der Waals surface area (Å²) in [6.45, 7) is 15.0. The Labute approximate surface area is 108 Å². The van der Waals surface area contributed by atoms with E-state index in [0.717, 1.165) is 0 Å². The predicted molar refractivity (Wildman–Crippen MR) is 79.0 cm³/mol. The molecule has 0 fully saturated rings. The molecule has 0 aromatic rings. The van der Waals surface area contributed by atoms with Gasteiger partial charge in [-0.3, -0.25) is 0 Å². The highest BCUT2D eigenvalue weighted by Crippen LogP contribution is 2.42. The maximum Gasteiger partial charge on any atom is 0.0368 e. The Balaban J connectivity index is 5.02. The number of nitrogens with two attached hydrogens (primary N) is 1. The monoisotopic (exact) mass is 237 g/mol. The summed E-state index contributed by atoms with van der Waals surface area (Å²) in [7, 11) is 0. The zero-order valence-electron chi connectivity index (χ0n) is 12.4. The Hall–Kier alpha value is -0.560. The van der Waals surface area contributed by atoms with Crippen LogP contribution in [0.15, 0.2) is 24.8 Å². The summed E-state index contributed by atoms with van der Waals surface area (Å²) in [5.41, 5.74) is 6.34. The molecule has 1 heteroatoms.